The van der Waals surface area contributed by atoms with Crippen molar-refractivity contribution in [2.45, 2.75) is 43.9 Å². The van der Waals surface area contributed by atoms with Crippen LogP contribution >= 0.6 is 34.8 Å². The highest BCUT2D eigenvalue weighted by molar-refractivity contribution is 7.92. The number of amides is 2. The molecule has 14 heteroatoms. The first kappa shape index (κ1) is 37.1. The number of hydrogen-bond donors (Lipinski definition) is 1. The molecule has 0 heterocycles. The summed E-state index contributed by atoms with van der Waals surface area (Å²) in [5.41, 5.74) is 0.181. The zero-order valence-corrected chi connectivity index (χ0v) is 28.9. The average Bonchev–Trinajstić information content (AvgIpc) is 3.03. The highest BCUT2D eigenvalue weighted by Crippen LogP contribution is 2.38. The number of carbonyl (C=O) groups excluding carboxylic acids is 2. The van der Waals surface area contributed by atoms with Crippen molar-refractivity contribution in [1.29, 1.82) is 0 Å². The van der Waals surface area contributed by atoms with Gasteiger partial charge >= 0.3 is 6.18 Å². The molecule has 4 aromatic rings. The van der Waals surface area contributed by atoms with Crippen molar-refractivity contribution in [2.24, 2.45) is 0 Å². The molecule has 0 aromatic heterocycles. The number of likely N-dealkylation sites (N-methyl/N-ethyl adjacent to an activating group) is 1. The maximum atomic E-state index is 14.4. The van der Waals surface area contributed by atoms with Crippen molar-refractivity contribution in [1.82, 2.24) is 10.2 Å². The summed E-state index contributed by atoms with van der Waals surface area (Å²) in [6.07, 6.45) is -4.88. The summed E-state index contributed by atoms with van der Waals surface area (Å²) in [4.78, 5) is 28.9. The van der Waals surface area contributed by atoms with Crippen LogP contribution in [0.1, 0.15) is 29.2 Å². The number of nitrogens with one attached hydrogen (secondary N) is 1. The van der Waals surface area contributed by atoms with Gasteiger partial charge in [-0.15, -0.1) is 0 Å². The molecular formula is C34H31Cl3F3N3O4S. The van der Waals surface area contributed by atoms with Crippen LogP contribution in [0.5, 0.6) is 0 Å². The fourth-order valence-electron chi connectivity index (χ4n) is 4.93. The maximum absolute atomic E-state index is 14.4. The monoisotopic (exact) mass is 739 g/mol. The van der Waals surface area contributed by atoms with Crippen molar-refractivity contribution < 1.29 is 31.2 Å². The van der Waals surface area contributed by atoms with E-state index in [0.717, 1.165) is 17.7 Å². The van der Waals surface area contributed by atoms with Crippen molar-refractivity contribution in [2.75, 3.05) is 17.4 Å². The average molecular weight is 741 g/mol. The Balaban J connectivity index is 1.87. The van der Waals surface area contributed by atoms with Gasteiger partial charge in [-0.2, -0.15) is 13.2 Å². The number of rotatable bonds is 12. The Kier molecular flexibility index (Phi) is 12.1. The lowest BCUT2D eigenvalue weighted by atomic mass is 10.0. The Morgan fingerprint density at radius 2 is 1.48 bits per heavy atom. The second-order valence-electron chi connectivity index (χ2n) is 10.9. The molecule has 2 amide bonds. The molecular weight excluding hydrogens is 710 g/mol. The number of aryl methyl sites for hydroxylation is 1. The normalized spacial score (nSPS) is 12.3. The molecule has 0 aliphatic carbocycles. The van der Waals surface area contributed by atoms with E-state index in [4.69, 9.17) is 34.8 Å². The highest BCUT2D eigenvalue weighted by Gasteiger charge is 2.37. The number of benzene rings is 4. The SMILES string of the molecule is CCNC(=O)[C@@H](Cc1ccccc1)N(Cc1ccc(Cl)c(Cl)c1)C(=O)CN(c1ccc(Cl)c(C(F)(F)F)c1)S(=O)(=O)c1ccc(C)cc1. The summed E-state index contributed by atoms with van der Waals surface area (Å²) in [7, 11) is -4.64. The van der Waals surface area contributed by atoms with Crippen molar-refractivity contribution in [3.8, 4) is 0 Å². The van der Waals surface area contributed by atoms with E-state index in [1.165, 1.54) is 41.3 Å². The minimum absolute atomic E-state index is 0.0453. The van der Waals surface area contributed by atoms with E-state index in [-0.39, 0.29) is 34.5 Å². The van der Waals surface area contributed by atoms with Gasteiger partial charge in [0, 0.05) is 19.5 Å². The van der Waals surface area contributed by atoms with E-state index < -0.39 is 56.9 Å². The first-order chi connectivity index (χ1) is 22.6. The molecule has 0 fully saturated rings. The molecule has 1 N–H and O–H groups in total. The summed E-state index contributed by atoms with van der Waals surface area (Å²) in [6, 6.07) is 20.6. The van der Waals surface area contributed by atoms with E-state index in [9.17, 15) is 31.2 Å². The Bertz CT molecular complexity index is 1880. The van der Waals surface area contributed by atoms with Crippen LogP contribution in [0.25, 0.3) is 0 Å². The van der Waals surface area contributed by atoms with Crippen molar-refractivity contribution in [3.05, 3.63) is 128 Å². The Labute approximate surface area is 292 Å². The number of carbonyl (C=O) groups is 2. The van der Waals surface area contributed by atoms with Gasteiger partial charge in [0.15, 0.2) is 0 Å². The number of halogens is 6. The second-order valence-corrected chi connectivity index (χ2v) is 13.9. The lowest BCUT2D eigenvalue weighted by Crippen LogP contribution is -2.53. The molecule has 0 spiro atoms. The Hall–Kier alpha value is -3.77. The number of nitrogens with zero attached hydrogens (tertiary/aromatic N) is 2. The van der Waals surface area contributed by atoms with Crippen LogP contribution in [0.4, 0.5) is 18.9 Å². The van der Waals surface area contributed by atoms with Crippen LogP contribution in [0.3, 0.4) is 0 Å². The standard InChI is InChI=1S/C34H31Cl3F3N3O4S/c1-3-41-33(45)31(18-23-7-5-4-6-8-23)42(20-24-11-15-29(36)30(37)17-24)32(44)21-43(48(46,47)26-13-9-22(2)10-14-26)25-12-16-28(35)27(19-25)34(38,39)40/h4-17,19,31H,3,18,20-21H2,1-2H3,(H,41,45)/t31-/m1/s1. The Morgan fingerprint density at radius 1 is 0.833 bits per heavy atom. The number of hydrogen-bond acceptors (Lipinski definition) is 4. The summed E-state index contributed by atoms with van der Waals surface area (Å²) < 4.78 is 70.6. The molecule has 0 aliphatic rings. The lowest BCUT2D eigenvalue weighted by Gasteiger charge is -2.34. The van der Waals surface area contributed by atoms with E-state index >= 15 is 0 Å². The molecule has 4 rings (SSSR count). The fraction of sp³-hybridized carbons (Fsp3) is 0.235. The van der Waals surface area contributed by atoms with Crippen LogP contribution < -0.4 is 9.62 Å². The first-order valence-electron chi connectivity index (χ1n) is 14.6. The third-order valence-electron chi connectivity index (χ3n) is 7.39. The van der Waals surface area contributed by atoms with Crippen molar-refractivity contribution >= 4 is 62.3 Å². The van der Waals surface area contributed by atoms with Crippen LogP contribution in [0, 0.1) is 6.92 Å². The Morgan fingerprint density at radius 3 is 2.08 bits per heavy atom. The van der Waals surface area contributed by atoms with Crippen LogP contribution in [0.2, 0.25) is 15.1 Å². The molecule has 254 valence electrons. The molecule has 0 saturated carbocycles. The molecule has 0 unspecified atom stereocenters. The van der Waals surface area contributed by atoms with Gasteiger partial charge in [-0.25, -0.2) is 8.42 Å². The summed E-state index contributed by atoms with van der Waals surface area (Å²) >= 11 is 18.2. The first-order valence-corrected chi connectivity index (χ1v) is 17.2. The number of alkyl halides is 3. The van der Waals surface area contributed by atoms with Gasteiger partial charge in [-0.05, 0) is 67.4 Å². The van der Waals surface area contributed by atoms with Crippen LogP contribution in [-0.2, 0) is 38.8 Å². The predicted octanol–water partition coefficient (Wildman–Crippen LogP) is 7.95. The molecule has 0 bridgehead atoms. The van der Waals surface area contributed by atoms with E-state index in [1.807, 2.05) is 0 Å². The topological polar surface area (TPSA) is 86.8 Å². The van der Waals surface area contributed by atoms with Gasteiger partial charge in [0.25, 0.3) is 10.0 Å². The molecule has 0 aliphatic heterocycles. The molecule has 1 atom stereocenters. The van der Waals surface area contributed by atoms with Gasteiger partial charge < -0.3 is 10.2 Å². The quantitative estimate of drug-likeness (QED) is 0.160. The largest absolute Gasteiger partial charge is 0.417 e. The lowest BCUT2D eigenvalue weighted by molar-refractivity contribution is -0.140. The second kappa shape index (κ2) is 15.6. The van der Waals surface area contributed by atoms with Crippen molar-refractivity contribution in [3.63, 3.8) is 0 Å². The molecule has 7 nitrogen and oxygen atoms in total. The molecule has 48 heavy (non-hydrogen) atoms. The minimum Gasteiger partial charge on any atom is -0.355 e. The third kappa shape index (κ3) is 9.02. The third-order valence-corrected chi connectivity index (χ3v) is 10.2. The minimum atomic E-state index is -4.92. The maximum Gasteiger partial charge on any atom is 0.417 e. The predicted molar refractivity (Wildman–Crippen MR) is 182 cm³/mol. The highest BCUT2D eigenvalue weighted by atomic mass is 35.5. The zero-order chi connectivity index (χ0) is 35.2. The molecule has 0 saturated heterocycles. The van der Waals surface area contributed by atoms with E-state index in [2.05, 4.69) is 5.32 Å². The van der Waals surface area contributed by atoms with Gasteiger partial charge in [0.1, 0.15) is 12.6 Å². The van der Waals surface area contributed by atoms with Gasteiger partial charge in [-0.3, -0.25) is 13.9 Å². The van der Waals surface area contributed by atoms with Crippen LogP contribution in [0.15, 0.2) is 95.9 Å². The van der Waals surface area contributed by atoms with Gasteiger partial charge in [0.2, 0.25) is 11.8 Å². The van der Waals surface area contributed by atoms with E-state index in [1.54, 1.807) is 50.2 Å². The van der Waals surface area contributed by atoms with Gasteiger partial charge in [0.05, 0.1) is 31.2 Å². The zero-order valence-electron chi connectivity index (χ0n) is 25.8. The van der Waals surface area contributed by atoms with E-state index in [0.29, 0.717) is 21.5 Å². The fourth-order valence-corrected chi connectivity index (χ4v) is 6.88. The van der Waals surface area contributed by atoms with Crippen LogP contribution in [-0.4, -0.2) is 44.3 Å². The summed E-state index contributed by atoms with van der Waals surface area (Å²) in [5, 5.41) is 2.52. The number of sulfonamides is 1. The summed E-state index contributed by atoms with van der Waals surface area (Å²) in [5.74, 6) is -1.39. The smallest absolute Gasteiger partial charge is 0.355 e. The number of anilines is 1. The molecule has 4 aromatic carbocycles. The summed E-state index contributed by atoms with van der Waals surface area (Å²) in [6.45, 7) is 2.51. The molecule has 0 radical (unpaired) electrons. The van der Waals surface area contributed by atoms with Gasteiger partial charge in [-0.1, -0.05) is 88.9 Å².